The number of aryl methyl sites for hydroxylation is 1. The summed E-state index contributed by atoms with van der Waals surface area (Å²) < 4.78 is 4.04. The lowest BCUT2D eigenvalue weighted by Crippen LogP contribution is -2.18. The van der Waals surface area contributed by atoms with Crippen LogP contribution in [0.4, 0.5) is 0 Å². The summed E-state index contributed by atoms with van der Waals surface area (Å²) in [7, 11) is 0. The van der Waals surface area contributed by atoms with Crippen molar-refractivity contribution in [3.8, 4) is 0 Å². The van der Waals surface area contributed by atoms with E-state index in [1.54, 1.807) is 0 Å². The van der Waals surface area contributed by atoms with Crippen LogP contribution in [0.5, 0.6) is 0 Å². The van der Waals surface area contributed by atoms with Gasteiger partial charge in [0.25, 0.3) is 0 Å². The van der Waals surface area contributed by atoms with Gasteiger partial charge < -0.3 is 5.32 Å². The maximum Gasteiger partial charge on any atom is 0.0762 e. The van der Waals surface area contributed by atoms with Crippen molar-refractivity contribution in [2.75, 3.05) is 0 Å². The molecule has 0 fully saturated rings. The van der Waals surface area contributed by atoms with Crippen molar-refractivity contribution < 1.29 is 0 Å². The number of aromatic nitrogens is 4. The Balaban J connectivity index is 0.00000200. The van der Waals surface area contributed by atoms with E-state index in [0.717, 1.165) is 31.7 Å². The Labute approximate surface area is 126 Å². The molecule has 1 unspecified atom stereocenters. The molecule has 1 N–H and O–H groups in total. The molecule has 1 atom stereocenters. The topological polar surface area (TPSA) is 47.7 Å². The Morgan fingerprint density at radius 2 is 2.05 bits per heavy atom. The van der Waals surface area contributed by atoms with Gasteiger partial charge in [-0.1, -0.05) is 6.92 Å². The number of nitrogens with zero attached hydrogens (tertiary/aromatic N) is 4. The normalized spacial score (nSPS) is 12.2. The van der Waals surface area contributed by atoms with E-state index in [0.29, 0.717) is 6.04 Å². The monoisotopic (exact) mass is 297 g/mol. The van der Waals surface area contributed by atoms with Crippen LogP contribution in [-0.4, -0.2) is 19.6 Å². The molecule has 20 heavy (non-hydrogen) atoms. The molecule has 0 radical (unpaired) electrons. The molecule has 112 valence electrons. The molecule has 2 aromatic heterocycles. The Bertz CT molecular complexity index is 505. The molecule has 2 aromatic rings. The van der Waals surface area contributed by atoms with Gasteiger partial charge in [-0.05, 0) is 32.4 Å². The van der Waals surface area contributed by atoms with Crippen molar-refractivity contribution in [1.82, 2.24) is 24.9 Å². The number of hydrogen-bond donors (Lipinski definition) is 1. The SMILES string of the molecule is CCC(C)n1nccc1CNCc1ccn(CC)n1.Cl. The van der Waals surface area contributed by atoms with Gasteiger partial charge in [-0.25, -0.2) is 0 Å². The molecular weight excluding hydrogens is 274 g/mol. The zero-order valence-corrected chi connectivity index (χ0v) is 13.2. The molecule has 0 saturated heterocycles. The maximum absolute atomic E-state index is 4.45. The minimum Gasteiger partial charge on any atom is -0.305 e. The fourth-order valence-corrected chi connectivity index (χ4v) is 2.04. The number of rotatable bonds is 7. The second kappa shape index (κ2) is 8.07. The van der Waals surface area contributed by atoms with Crippen LogP contribution in [0.15, 0.2) is 24.5 Å². The van der Waals surface area contributed by atoms with Crippen molar-refractivity contribution >= 4 is 12.4 Å². The van der Waals surface area contributed by atoms with E-state index in [1.807, 2.05) is 17.1 Å². The van der Waals surface area contributed by atoms with Gasteiger partial charge in [-0.2, -0.15) is 10.2 Å². The molecule has 0 aromatic carbocycles. The molecule has 6 heteroatoms. The van der Waals surface area contributed by atoms with Crippen LogP contribution in [-0.2, 0) is 19.6 Å². The van der Waals surface area contributed by atoms with Gasteiger partial charge in [0.1, 0.15) is 0 Å². The highest BCUT2D eigenvalue weighted by Gasteiger charge is 2.08. The first-order valence-corrected chi connectivity index (χ1v) is 7.00. The molecule has 5 nitrogen and oxygen atoms in total. The molecule has 2 heterocycles. The summed E-state index contributed by atoms with van der Waals surface area (Å²) >= 11 is 0. The van der Waals surface area contributed by atoms with Crippen molar-refractivity contribution in [3.05, 3.63) is 35.9 Å². The Kier molecular flexibility index (Phi) is 6.75. The van der Waals surface area contributed by atoms with E-state index in [-0.39, 0.29) is 12.4 Å². The highest BCUT2D eigenvalue weighted by Crippen LogP contribution is 2.12. The third-order valence-electron chi connectivity index (χ3n) is 3.39. The van der Waals surface area contributed by atoms with Crippen LogP contribution in [0.2, 0.25) is 0 Å². The Morgan fingerprint density at radius 1 is 1.25 bits per heavy atom. The minimum atomic E-state index is 0. The number of nitrogens with one attached hydrogen (secondary N) is 1. The third-order valence-corrected chi connectivity index (χ3v) is 3.39. The third kappa shape index (κ3) is 4.08. The highest BCUT2D eigenvalue weighted by molar-refractivity contribution is 5.85. The zero-order valence-electron chi connectivity index (χ0n) is 12.4. The van der Waals surface area contributed by atoms with E-state index >= 15 is 0 Å². The van der Waals surface area contributed by atoms with E-state index in [9.17, 15) is 0 Å². The predicted molar refractivity (Wildman–Crippen MR) is 82.9 cm³/mol. The Hall–Kier alpha value is -1.33. The Morgan fingerprint density at radius 3 is 2.70 bits per heavy atom. The van der Waals surface area contributed by atoms with E-state index < -0.39 is 0 Å². The van der Waals surface area contributed by atoms with Gasteiger partial charge in [0.2, 0.25) is 0 Å². The van der Waals surface area contributed by atoms with Crippen LogP contribution >= 0.6 is 12.4 Å². The van der Waals surface area contributed by atoms with Crippen LogP contribution < -0.4 is 5.32 Å². The lowest BCUT2D eigenvalue weighted by atomic mass is 10.2. The molecule has 2 rings (SSSR count). The maximum atomic E-state index is 4.45. The first-order chi connectivity index (χ1) is 9.24. The molecular formula is C14H24ClN5. The fourth-order valence-electron chi connectivity index (χ4n) is 2.04. The van der Waals surface area contributed by atoms with Gasteiger partial charge in [0, 0.05) is 38.1 Å². The first-order valence-electron chi connectivity index (χ1n) is 7.00. The zero-order chi connectivity index (χ0) is 13.7. The second-order valence-electron chi connectivity index (χ2n) is 4.79. The molecule has 0 aliphatic heterocycles. The summed E-state index contributed by atoms with van der Waals surface area (Å²) in [5.41, 5.74) is 2.31. The van der Waals surface area contributed by atoms with Crippen molar-refractivity contribution in [2.24, 2.45) is 0 Å². The standard InChI is InChI=1S/C14H23N5.ClH/c1-4-12(3)19-14(6-8-16-19)11-15-10-13-7-9-18(5-2)17-13;/h6-9,12,15H,4-5,10-11H2,1-3H3;1H. The van der Waals surface area contributed by atoms with E-state index in [1.165, 1.54) is 5.69 Å². The molecule has 0 aliphatic carbocycles. The second-order valence-corrected chi connectivity index (χ2v) is 4.79. The summed E-state index contributed by atoms with van der Waals surface area (Å²) in [6, 6.07) is 4.58. The van der Waals surface area contributed by atoms with Gasteiger partial charge >= 0.3 is 0 Å². The van der Waals surface area contributed by atoms with Crippen molar-refractivity contribution in [2.45, 2.75) is 52.9 Å². The summed E-state index contributed by atoms with van der Waals surface area (Å²) in [5, 5.41) is 12.3. The molecule has 0 spiro atoms. The highest BCUT2D eigenvalue weighted by atomic mass is 35.5. The van der Waals surface area contributed by atoms with Gasteiger partial charge in [-0.3, -0.25) is 9.36 Å². The van der Waals surface area contributed by atoms with Crippen molar-refractivity contribution in [3.63, 3.8) is 0 Å². The average molecular weight is 298 g/mol. The van der Waals surface area contributed by atoms with E-state index in [4.69, 9.17) is 0 Å². The summed E-state index contributed by atoms with van der Waals surface area (Å²) in [4.78, 5) is 0. The first kappa shape index (κ1) is 16.7. The summed E-state index contributed by atoms with van der Waals surface area (Å²) in [5.74, 6) is 0. The van der Waals surface area contributed by atoms with Gasteiger partial charge in [-0.15, -0.1) is 12.4 Å². The summed E-state index contributed by atoms with van der Waals surface area (Å²) in [6.07, 6.45) is 4.98. The van der Waals surface area contributed by atoms with E-state index in [2.05, 4.69) is 53.1 Å². The quantitative estimate of drug-likeness (QED) is 0.855. The molecule has 0 amide bonds. The van der Waals surface area contributed by atoms with Crippen molar-refractivity contribution in [1.29, 1.82) is 0 Å². The summed E-state index contributed by atoms with van der Waals surface area (Å²) in [6.45, 7) is 9.00. The number of halogens is 1. The molecule has 0 aliphatic rings. The van der Waals surface area contributed by atoms with Gasteiger partial charge in [0.05, 0.1) is 11.4 Å². The molecule has 0 bridgehead atoms. The largest absolute Gasteiger partial charge is 0.305 e. The average Bonchev–Trinajstić information content (AvgIpc) is 3.06. The minimum absolute atomic E-state index is 0. The van der Waals surface area contributed by atoms with Crippen LogP contribution in [0.3, 0.4) is 0 Å². The fraction of sp³-hybridized carbons (Fsp3) is 0.571. The van der Waals surface area contributed by atoms with Gasteiger partial charge in [0.15, 0.2) is 0 Å². The van der Waals surface area contributed by atoms with Crippen LogP contribution in [0, 0.1) is 0 Å². The van der Waals surface area contributed by atoms with Crippen LogP contribution in [0.25, 0.3) is 0 Å². The smallest absolute Gasteiger partial charge is 0.0762 e. The van der Waals surface area contributed by atoms with Crippen LogP contribution in [0.1, 0.15) is 44.6 Å². The number of hydrogen-bond acceptors (Lipinski definition) is 3. The lowest BCUT2D eigenvalue weighted by molar-refractivity contribution is 0.451. The molecule has 0 saturated carbocycles. The lowest BCUT2D eigenvalue weighted by Gasteiger charge is -2.13. The predicted octanol–water partition coefficient (Wildman–Crippen LogP) is 2.78.